The van der Waals surface area contributed by atoms with E-state index in [1.807, 2.05) is 30.3 Å². The zero-order chi connectivity index (χ0) is 20.0. The fourth-order valence-electron chi connectivity index (χ4n) is 4.18. The van der Waals surface area contributed by atoms with Crippen molar-refractivity contribution in [1.29, 1.82) is 0 Å². The predicted molar refractivity (Wildman–Crippen MR) is 114 cm³/mol. The number of thiophene rings is 1. The Labute approximate surface area is 172 Å². The molecule has 1 aliphatic carbocycles. The highest BCUT2D eigenvalue weighted by Crippen LogP contribution is 2.35. The van der Waals surface area contributed by atoms with Crippen LogP contribution >= 0.6 is 11.3 Å². The summed E-state index contributed by atoms with van der Waals surface area (Å²) in [6.45, 7) is 2.76. The molecule has 6 nitrogen and oxygen atoms in total. The second kappa shape index (κ2) is 7.22. The van der Waals surface area contributed by atoms with Crippen molar-refractivity contribution in [2.24, 2.45) is 11.0 Å². The summed E-state index contributed by atoms with van der Waals surface area (Å²) in [5.74, 6) is 0.461. The molecule has 1 unspecified atom stereocenters. The maximum Gasteiger partial charge on any atom is 0.262 e. The number of hydrogen-bond donors (Lipinski definition) is 0. The van der Waals surface area contributed by atoms with E-state index in [2.05, 4.69) is 17.0 Å². The van der Waals surface area contributed by atoms with Crippen LogP contribution in [0.2, 0.25) is 0 Å². The highest BCUT2D eigenvalue weighted by atomic mass is 32.1. The Morgan fingerprint density at radius 1 is 1.24 bits per heavy atom. The molecular weight excluding hydrogens is 384 g/mol. The standard InChI is InChI=1S/C22H22N4O2S/c1-14-7-8-16-18(11-14)29-21-20(16)22(28)25(13-23-21)12-19(27)26-10-9-17(24-26)15-5-3-2-4-6-15/h2-6,13-14H,7-12H2,1H3. The highest BCUT2D eigenvalue weighted by molar-refractivity contribution is 7.18. The molecule has 29 heavy (non-hydrogen) atoms. The SMILES string of the molecule is CC1CCc2c(sc3ncn(CC(=O)N4CCC(c5ccccc5)=N4)c(=O)c23)C1. The number of amides is 1. The lowest BCUT2D eigenvalue weighted by Gasteiger charge is -2.17. The number of fused-ring (bicyclic) bond motifs is 3. The van der Waals surface area contributed by atoms with Crippen LogP contribution < -0.4 is 5.56 Å². The third-order valence-electron chi connectivity index (χ3n) is 5.78. The topological polar surface area (TPSA) is 67.6 Å². The second-order valence-electron chi connectivity index (χ2n) is 7.89. The first-order chi connectivity index (χ1) is 14.1. The van der Waals surface area contributed by atoms with Crippen LogP contribution in [0.1, 0.15) is 35.8 Å². The summed E-state index contributed by atoms with van der Waals surface area (Å²) >= 11 is 1.63. The van der Waals surface area contributed by atoms with E-state index in [0.29, 0.717) is 17.8 Å². The Morgan fingerprint density at radius 3 is 2.90 bits per heavy atom. The summed E-state index contributed by atoms with van der Waals surface area (Å²) in [5, 5.41) is 6.67. The summed E-state index contributed by atoms with van der Waals surface area (Å²) in [6.07, 6.45) is 5.25. The van der Waals surface area contributed by atoms with Gasteiger partial charge in [0.05, 0.1) is 24.0 Å². The van der Waals surface area contributed by atoms with Gasteiger partial charge in [0, 0.05) is 11.3 Å². The summed E-state index contributed by atoms with van der Waals surface area (Å²) in [6, 6.07) is 9.88. The molecule has 0 fully saturated rings. The Hall–Kier alpha value is -2.80. The Balaban J connectivity index is 1.41. The minimum absolute atomic E-state index is 0.0334. The first-order valence-electron chi connectivity index (χ1n) is 10.0. The quantitative estimate of drug-likeness (QED) is 0.671. The van der Waals surface area contributed by atoms with Gasteiger partial charge < -0.3 is 0 Å². The Bertz CT molecular complexity index is 1180. The van der Waals surface area contributed by atoms with Crippen molar-refractivity contribution in [2.45, 2.75) is 39.2 Å². The number of nitrogens with zero attached hydrogens (tertiary/aromatic N) is 4. The molecule has 2 aliphatic rings. The van der Waals surface area contributed by atoms with Crippen molar-refractivity contribution in [1.82, 2.24) is 14.6 Å². The van der Waals surface area contributed by atoms with E-state index in [0.717, 1.165) is 47.4 Å². The minimum atomic E-state index is -0.183. The van der Waals surface area contributed by atoms with Gasteiger partial charge in [0.15, 0.2) is 0 Å². The molecule has 2 aromatic heterocycles. The molecule has 0 saturated carbocycles. The largest absolute Gasteiger partial charge is 0.289 e. The van der Waals surface area contributed by atoms with E-state index in [9.17, 15) is 9.59 Å². The van der Waals surface area contributed by atoms with Crippen LogP contribution in [0.5, 0.6) is 0 Å². The lowest BCUT2D eigenvalue weighted by atomic mass is 9.89. The maximum absolute atomic E-state index is 13.1. The van der Waals surface area contributed by atoms with Crippen LogP contribution in [0.15, 0.2) is 46.6 Å². The number of aryl methyl sites for hydroxylation is 1. The molecule has 0 saturated heterocycles. The van der Waals surface area contributed by atoms with Crippen LogP contribution in [0.25, 0.3) is 10.2 Å². The van der Waals surface area contributed by atoms with Gasteiger partial charge >= 0.3 is 0 Å². The molecule has 1 aliphatic heterocycles. The van der Waals surface area contributed by atoms with Gasteiger partial charge in [-0.2, -0.15) is 5.10 Å². The van der Waals surface area contributed by atoms with E-state index in [1.165, 1.54) is 20.8 Å². The van der Waals surface area contributed by atoms with Crippen molar-refractivity contribution < 1.29 is 4.79 Å². The van der Waals surface area contributed by atoms with Gasteiger partial charge in [-0.1, -0.05) is 37.3 Å². The third-order valence-corrected chi connectivity index (χ3v) is 6.95. The Morgan fingerprint density at radius 2 is 2.07 bits per heavy atom. The van der Waals surface area contributed by atoms with Gasteiger partial charge in [0.25, 0.3) is 11.5 Å². The molecule has 0 spiro atoms. The number of carbonyl (C=O) groups is 1. The van der Waals surface area contributed by atoms with Crippen molar-refractivity contribution in [2.75, 3.05) is 6.54 Å². The zero-order valence-electron chi connectivity index (χ0n) is 16.3. The molecule has 7 heteroatoms. The maximum atomic E-state index is 13.1. The second-order valence-corrected chi connectivity index (χ2v) is 8.97. The number of hydrazone groups is 1. The smallest absolute Gasteiger partial charge is 0.262 e. The van der Waals surface area contributed by atoms with Crippen LogP contribution in [-0.4, -0.2) is 32.7 Å². The van der Waals surface area contributed by atoms with E-state index in [1.54, 1.807) is 11.3 Å². The molecule has 1 aromatic carbocycles. The minimum Gasteiger partial charge on any atom is -0.289 e. The van der Waals surface area contributed by atoms with E-state index in [4.69, 9.17) is 0 Å². The number of hydrogen-bond acceptors (Lipinski definition) is 5. The van der Waals surface area contributed by atoms with E-state index in [-0.39, 0.29) is 18.0 Å². The first-order valence-corrected chi connectivity index (χ1v) is 10.8. The van der Waals surface area contributed by atoms with Crippen LogP contribution in [0.3, 0.4) is 0 Å². The highest BCUT2D eigenvalue weighted by Gasteiger charge is 2.25. The van der Waals surface area contributed by atoms with E-state index < -0.39 is 0 Å². The fraction of sp³-hybridized carbons (Fsp3) is 0.364. The Kier molecular flexibility index (Phi) is 4.54. The number of benzene rings is 1. The van der Waals surface area contributed by atoms with Crippen LogP contribution in [0.4, 0.5) is 0 Å². The predicted octanol–water partition coefficient (Wildman–Crippen LogP) is 3.22. The van der Waals surface area contributed by atoms with Gasteiger partial charge in [0.2, 0.25) is 0 Å². The molecule has 0 N–H and O–H groups in total. The van der Waals surface area contributed by atoms with Gasteiger partial charge in [0.1, 0.15) is 11.4 Å². The van der Waals surface area contributed by atoms with Crippen molar-refractivity contribution in [3.05, 3.63) is 63.0 Å². The molecule has 1 amide bonds. The van der Waals surface area contributed by atoms with Gasteiger partial charge in [-0.3, -0.25) is 14.2 Å². The summed E-state index contributed by atoms with van der Waals surface area (Å²) < 4.78 is 1.44. The van der Waals surface area contributed by atoms with E-state index >= 15 is 0 Å². The number of aromatic nitrogens is 2. The van der Waals surface area contributed by atoms with Gasteiger partial charge in [-0.05, 0) is 36.3 Å². The molecular formula is C22H22N4O2S. The zero-order valence-corrected chi connectivity index (χ0v) is 17.1. The van der Waals surface area contributed by atoms with Gasteiger partial charge in [-0.25, -0.2) is 9.99 Å². The van der Waals surface area contributed by atoms with Crippen molar-refractivity contribution >= 4 is 33.2 Å². The fourth-order valence-corrected chi connectivity index (χ4v) is 5.52. The van der Waals surface area contributed by atoms with Crippen LogP contribution in [0, 0.1) is 5.92 Å². The summed E-state index contributed by atoms with van der Waals surface area (Å²) in [4.78, 5) is 32.5. The van der Waals surface area contributed by atoms with Crippen molar-refractivity contribution in [3.8, 4) is 0 Å². The number of carbonyl (C=O) groups excluding carboxylic acids is 1. The molecule has 3 aromatic rings. The normalized spacial score (nSPS) is 18.7. The molecule has 5 rings (SSSR count). The average Bonchev–Trinajstić information content (AvgIpc) is 3.35. The van der Waals surface area contributed by atoms with Crippen molar-refractivity contribution in [3.63, 3.8) is 0 Å². The third kappa shape index (κ3) is 3.29. The molecule has 0 radical (unpaired) electrons. The van der Waals surface area contributed by atoms with Gasteiger partial charge in [-0.15, -0.1) is 11.3 Å². The lowest BCUT2D eigenvalue weighted by molar-refractivity contribution is -0.131. The average molecular weight is 407 g/mol. The molecule has 1 atom stereocenters. The summed E-state index contributed by atoms with van der Waals surface area (Å²) in [5.41, 5.74) is 2.97. The lowest BCUT2D eigenvalue weighted by Crippen LogP contribution is -2.32. The first kappa shape index (κ1) is 18.2. The van der Waals surface area contributed by atoms with Crippen LogP contribution in [-0.2, 0) is 24.2 Å². The number of rotatable bonds is 3. The molecule has 148 valence electrons. The molecule has 0 bridgehead atoms. The molecule has 3 heterocycles. The summed E-state index contributed by atoms with van der Waals surface area (Å²) in [7, 11) is 0. The monoisotopic (exact) mass is 406 g/mol.